The number of rotatable bonds is 12. The number of aliphatic hydroxyl groups excluding tert-OH is 1. The Labute approximate surface area is 183 Å². The number of nitrogens with one attached hydrogen (secondary N) is 4. The summed E-state index contributed by atoms with van der Waals surface area (Å²) in [5.74, 6) is -3.06. The molecule has 6 atom stereocenters. The molecule has 0 fully saturated rings. The van der Waals surface area contributed by atoms with Crippen LogP contribution in [0.1, 0.15) is 48.5 Å². The van der Waals surface area contributed by atoms with E-state index in [-0.39, 0.29) is 11.8 Å². The van der Waals surface area contributed by atoms with E-state index in [2.05, 4.69) is 21.3 Å². The molecular weight excluding hydrogens is 406 g/mol. The van der Waals surface area contributed by atoms with Gasteiger partial charge in [0.25, 0.3) is 0 Å². The second kappa shape index (κ2) is 13.0. The number of aliphatic hydroxyl groups is 1. The molecule has 0 aromatic carbocycles. The normalized spacial score (nSPS) is 17.0. The topological polar surface area (TPSA) is 180 Å². The SMILES string of the molecule is CC(C)[C@H](NC(=O)[C@@H](NC(=O)[C@H](C)NC(=O)[C@H](C)N)[C@@H](C)O)C(=O)N[C@H](C=O)C(C)C. The summed E-state index contributed by atoms with van der Waals surface area (Å²) in [7, 11) is 0. The van der Waals surface area contributed by atoms with Gasteiger partial charge in [0.15, 0.2) is 0 Å². The van der Waals surface area contributed by atoms with Gasteiger partial charge in [-0.05, 0) is 32.6 Å². The van der Waals surface area contributed by atoms with Crippen LogP contribution in [0.25, 0.3) is 0 Å². The number of carbonyl (C=O) groups is 5. The molecule has 11 heteroatoms. The molecule has 0 heterocycles. The summed E-state index contributed by atoms with van der Waals surface area (Å²) < 4.78 is 0. The van der Waals surface area contributed by atoms with Crippen LogP contribution in [-0.2, 0) is 24.0 Å². The summed E-state index contributed by atoms with van der Waals surface area (Å²) in [6.07, 6.45) is -0.659. The molecule has 0 aromatic heterocycles. The summed E-state index contributed by atoms with van der Waals surface area (Å²) in [6, 6.07) is -4.91. The Bertz CT molecular complexity index is 650. The molecule has 0 radical (unpaired) electrons. The highest BCUT2D eigenvalue weighted by molar-refractivity contribution is 5.95. The minimum absolute atomic E-state index is 0.137. The Morgan fingerprint density at radius 2 is 1.19 bits per heavy atom. The van der Waals surface area contributed by atoms with E-state index in [0.29, 0.717) is 6.29 Å². The van der Waals surface area contributed by atoms with Crippen molar-refractivity contribution in [1.82, 2.24) is 21.3 Å². The van der Waals surface area contributed by atoms with Gasteiger partial charge >= 0.3 is 0 Å². The smallest absolute Gasteiger partial charge is 0.245 e. The van der Waals surface area contributed by atoms with Gasteiger partial charge in [0.05, 0.1) is 18.2 Å². The molecule has 0 aliphatic carbocycles. The molecular formula is C20H37N5O6. The zero-order valence-corrected chi connectivity index (χ0v) is 19.3. The van der Waals surface area contributed by atoms with Gasteiger partial charge in [-0.15, -0.1) is 0 Å². The van der Waals surface area contributed by atoms with Crippen LogP contribution in [0.15, 0.2) is 0 Å². The fourth-order valence-electron chi connectivity index (χ4n) is 2.48. The van der Waals surface area contributed by atoms with Crippen LogP contribution in [0.3, 0.4) is 0 Å². The maximum Gasteiger partial charge on any atom is 0.245 e. The second-order valence-corrected chi connectivity index (χ2v) is 8.39. The van der Waals surface area contributed by atoms with Gasteiger partial charge < -0.3 is 36.9 Å². The maximum absolute atomic E-state index is 12.7. The minimum Gasteiger partial charge on any atom is -0.391 e. The largest absolute Gasteiger partial charge is 0.391 e. The van der Waals surface area contributed by atoms with Crippen molar-refractivity contribution in [1.29, 1.82) is 0 Å². The standard InChI is InChI=1S/C20H37N5O6/c1-9(2)14(8-26)23-19(30)15(10(3)4)24-20(31)16(13(7)27)25-18(29)12(6)22-17(28)11(5)21/h8-16,27H,21H2,1-7H3,(H,22,28)(H,23,30)(H,24,31)(H,25,29)/t11-,12-,13+,14+,15-,16-/m0/s1. The highest BCUT2D eigenvalue weighted by Gasteiger charge is 2.33. The molecule has 31 heavy (non-hydrogen) atoms. The Morgan fingerprint density at radius 1 is 0.710 bits per heavy atom. The van der Waals surface area contributed by atoms with Crippen molar-refractivity contribution in [3.8, 4) is 0 Å². The quantitative estimate of drug-likeness (QED) is 0.192. The summed E-state index contributed by atoms with van der Waals surface area (Å²) in [5.41, 5.74) is 5.45. The van der Waals surface area contributed by atoms with Crippen LogP contribution in [0.4, 0.5) is 0 Å². The van der Waals surface area contributed by atoms with Crippen LogP contribution in [0.5, 0.6) is 0 Å². The molecule has 0 aliphatic rings. The van der Waals surface area contributed by atoms with E-state index >= 15 is 0 Å². The number of amides is 4. The van der Waals surface area contributed by atoms with E-state index in [0.717, 1.165) is 0 Å². The first-order valence-corrected chi connectivity index (χ1v) is 10.3. The first-order valence-electron chi connectivity index (χ1n) is 10.3. The van der Waals surface area contributed by atoms with Gasteiger partial charge in [0.2, 0.25) is 23.6 Å². The fourth-order valence-corrected chi connectivity index (χ4v) is 2.48. The lowest BCUT2D eigenvalue weighted by Crippen LogP contribution is -2.61. The average Bonchev–Trinajstić information content (AvgIpc) is 2.66. The van der Waals surface area contributed by atoms with E-state index in [1.54, 1.807) is 27.7 Å². The lowest BCUT2D eigenvalue weighted by Gasteiger charge is -2.28. The zero-order chi connectivity index (χ0) is 24.5. The third kappa shape index (κ3) is 9.43. The maximum atomic E-state index is 12.7. The Morgan fingerprint density at radius 3 is 1.58 bits per heavy atom. The van der Waals surface area contributed by atoms with E-state index in [1.165, 1.54) is 20.8 Å². The van der Waals surface area contributed by atoms with E-state index < -0.39 is 59.9 Å². The van der Waals surface area contributed by atoms with Crippen molar-refractivity contribution in [2.75, 3.05) is 0 Å². The van der Waals surface area contributed by atoms with E-state index in [1.807, 2.05) is 0 Å². The summed E-state index contributed by atoms with van der Waals surface area (Å²) in [4.78, 5) is 60.5. The first-order chi connectivity index (χ1) is 14.2. The van der Waals surface area contributed by atoms with Gasteiger partial charge in [0.1, 0.15) is 24.4 Å². The van der Waals surface area contributed by atoms with Crippen molar-refractivity contribution < 1.29 is 29.1 Å². The van der Waals surface area contributed by atoms with E-state index in [9.17, 15) is 29.1 Å². The molecule has 0 saturated heterocycles. The molecule has 7 N–H and O–H groups in total. The molecule has 4 amide bonds. The molecule has 0 aliphatic heterocycles. The van der Waals surface area contributed by atoms with Gasteiger partial charge in [-0.2, -0.15) is 0 Å². The lowest BCUT2D eigenvalue weighted by molar-refractivity contribution is -0.136. The third-order valence-corrected chi connectivity index (χ3v) is 4.65. The molecule has 0 spiro atoms. The Balaban J connectivity index is 5.30. The number of hydrogen-bond acceptors (Lipinski definition) is 7. The van der Waals surface area contributed by atoms with Crippen LogP contribution in [0, 0.1) is 11.8 Å². The number of nitrogens with two attached hydrogens (primary N) is 1. The predicted molar refractivity (Wildman–Crippen MR) is 114 cm³/mol. The van der Waals surface area contributed by atoms with Crippen molar-refractivity contribution in [2.24, 2.45) is 17.6 Å². The number of carbonyl (C=O) groups excluding carboxylic acids is 5. The second-order valence-electron chi connectivity index (χ2n) is 8.39. The molecule has 0 aromatic rings. The van der Waals surface area contributed by atoms with Crippen molar-refractivity contribution in [2.45, 2.75) is 84.8 Å². The Kier molecular flexibility index (Phi) is 11.9. The zero-order valence-electron chi connectivity index (χ0n) is 19.3. The lowest BCUT2D eigenvalue weighted by atomic mass is 10.00. The monoisotopic (exact) mass is 443 g/mol. The summed E-state index contributed by atoms with van der Waals surface area (Å²) in [6.45, 7) is 11.1. The minimum atomic E-state index is -1.37. The van der Waals surface area contributed by atoms with Gasteiger partial charge in [-0.1, -0.05) is 27.7 Å². The van der Waals surface area contributed by atoms with Crippen LogP contribution in [-0.4, -0.2) is 71.3 Å². The third-order valence-electron chi connectivity index (χ3n) is 4.65. The molecule has 0 saturated carbocycles. The molecule has 0 rings (SSSR count). The highest BCUT2D eigenvalue weighted by Crippen LogP contribution is 2.06. The van der Waals surface area contributed by atoms with Crippen LogP contribution < -0.4 is 27.0 Å². The molecule has 0 unspecified atom stereocenters. The average molecular weight is 444 g/mol. The van der Waals surface area contributed by atoms with Gasteiger partial charge in [-0.25, -0.2) is 0 Å². The predicted octanol–water partition coefficient (Wildman–Crippen LogP) is -1.82. The summed E-state index contributed by atoms with van der Waals surface area (Å²) >= 11 is 0. The number of aldehydes is 1. The highest BCUT2D eigenvalue weighted by atomic mass is 16.3. The van der Waals surface area contributed by atoms with E-state index in [4.69, 9.17) is 5.73 Å². The Hall–Kier alpha value is -2.53. The van der Waals surface area contributed by atoms with Crippen LogP contribution in [0.2, 0.25) is 0 Å². The fraction of sp³-hybridized carbons (Fsp3) is 0.750. The van der Waals surface area contributed by atoms with Crippen molar-refractivity contribution >= 4 is 29.9 Å². The summed E-state index contributed by atoms with van der Waals surface area (Å²) in [5, 5.41) is 19.9. The van der Waals surface area contributed by atoms with Crippen molar-refractivity contribution in [3.63, 3.8) is 0 Å². The van der Waals surface area contributed by atoms with Crippen molar-refractivity contribution in [3.05, 3.63) is 0 Å². The van der Waals surface area contributed by atoms with Gasteiger partial charge in [0, 0.05) is 0 Å². The molecule has 11 nitrogen and oxygen atoms in total. The van der Waals surface area contributed by atoms with Crippen LogP contribution >= 0.6 is 0 Å². The molecule has 178 valence electrons. The number of hydrogen-bond donors (Lipinski definition) is 6. The first kappa shape index (κ1) is 28.5. The molecule has 0 bridgehead atoms. The van der Waals surface area contributed by atoms with Gasteiger partial charge in [-0.3, -0.25) is 19.2 Å².